The van der Waals surface area contributed by atoms with Crippen LogP contribution in [-0.4, -0.2) is 43.6 Å². The molecule has 0 radical (unpaired) electrons. The van der Waals surface area contributed by atoms with Gasteiger partial charge in [0, 0.05) is 18.6 Å². The highest BCUT2D eigenvalue weighted by Crippen LogP contribution is 2.19. The summed E-state index contributed by atoms with van der Waals surface area (Å²) in [5.74, 6) is -0.129. The van der Waals surface area contributed by atoms with E-state index in [1.165, 1.54) is 11.8 Å². The molecule has 100 valence electrons. The number of ether oxygens (including phenoxy) is 1. The number of carbonyl (C=O) groups is 1. The topological polar surface area (TPSA) is 58.6 Å². The van der Waals surface area contributed by atoms with Crippen LogP contribution in [-0.2, 0) is 4.74 Å². The fourth-order valence-electron chi connectivity index (χ4n) is 1.65. The van der Waals surface area contributed by atoms with Crippen LogP contribution in [0.5, 0.6) is 0 Å². The zero-order valence-electron chi connectivity index (χ0n) is 10.7. The maximum atomic E-state index is 12.1. The summed E-state index contributed by atoms with van der Waals surface area (Å²) in [5.41, 5.74) is 0.657. The first kappa shape index (κ1) is 15.0. The van der Waals surface area contributed by atoms with Crippen molar-refractivity contribution in [2.24, 2.45) is 0 Å². The van der Waals surface area contributed by atoms with Crippen molar-refractivity contribution in [3.05, 3.63) is 29.8 Å². The number of thioether (sulfide) groups is 1. The first-order valence-electron chi connectivity index (χ1n) is 5.76. The van der Waals surface area contributed by atoms with Crippen molar-refractivity contribution >= 4 is 17.7 Å². The SMILES string of the molecule is COCC(CCO)NC(=O)c1ccccc1SC. The Morgan fingerprint density at radius 2 is 2.22 bits per heavy atom. The molecule has 1 unspecified atom stereocenters. The molecule has 2 N–H and O–H groups in total. The van der Waals surface area contributed by atoms with Crippen molar-refractivity contribution in [2.45, 2.75) is 17.4 Å². The van der Waals surface area contributed by atoms with Crippen LogP contribution < -0.4 is 5.32 Å². The van der Waals surface area contributed by atoms with Gasteiger partial charge in [-0.25, -0.2) is 0 Å². The van der Waals surface area contributed by atoms with Crippen molar-refractivity contribution in [2.75, 3.05) is 26.6 Å². The fraction of sp³-hybridized carbons (Fsp3) is 0.462. The molecule has 0 aromatic heterocycles. The van der Waals surface area contributed by atoms with E-state index in [9.17, 15) is 4.79 Å². The number of hydrogen-bond acceptors (Lipinski definition) is 4. The number of amides is 1. The van der Waals surface area contributed by atoms with E-state index in [-0.39, 0.29) is 18.6 Å². The number of carbonyl (C=O) groups excluding carboxylic acids is 1. The van der Waals surface area contributed by atoms with Crippen molar-refractivity contribution in [3.63, 3.8) is 0 Å². The van der Waals surface area contributed by atoms with Crippen molar-refractivity contribution < 1.29 is 14.6 Å². The van der Waals surface area contributed by atoms with Gasteiger partial charge < -0.3 is 15.2 Å². The Kier molecular flexibility index (Phi) is 6.78. The van der Waals surface area contributed by atoms with Crippen LogP contribution in [0.3, 0.4) is 0 Å². The Morgan fingerprint density at radius 1 is 1.50 bits per heavy atom. The molecule has 1 atom stereocenters. The van der Waals surface area contributed by atoms with E-state index in [4.69, 9.17) is 9.84 Å². The molecule has 0 spiro atoms. The average molecular weight is 269 g/mol. The van der Waals surface area contributed by atoms with Gasteiger partial charge >= 0.3 is 0 Å². The van der Waals surface area contributed by atoms with Crippen LogP contribution in [0.15, 0.2) is 29.2 Å². The quantitative estimate of drug-likeness (QED) is 0.737. The number of rotatable bonds is 7. The molecule has 1 amide bonds. The minimum Gasteiger partial charge on any atom is -0.396 e. The maximum Gasteiger partial charge on any atom is 0.252 e. The van der Waals surface area contributed by atoms with Crippen LogP contribution in [0.1, 0.15) is 16.8 Å². The highest BCUT2D eigenvalue weighted by atomic mass is 32.2. The normalized spacial score (nSPS) is 12.2. The van der Waals surface area contributed by atoms with E-state index >= 15 is 0 Å². The summed E-state index contributed by atoms with van der Waals surface area (Å²) < 4.78 is 5.02. The number of nitrogens with one attached hydrogen (secondary N) is 1. The second-order valence-electron chi connectivity index (χ2n) is 3.84. The first-order valence-corrected chi connectivity index (χ1v) is 6.99. The van der Waals surface area contributed by atoms with Crippen molar-refractivity contribution in [1.29, 1.82) is 0 Å². The van der Waals surface area contributed by atoms with Gasteiger partial charge in [0.2, 0.25) is 0 Å². The van der Waals surface area contributed by atoms with Crippen molar-refractivity contribution in [1.82, 2.24) is 5.32 Å². The standard InChI is InChI=1S/C13H19NO3S/c1-17-9-10(7-8-15)14-13(16)11-5-3-4-6-12(11)18-2/h3-6,10,15H,7-9H2,1-2H3,(H,14,16). The molecule has 1 rings (SSSR count). The molecule has 4 nitrogen and oxygen atoms in total. The van der Waals surface area contributed by atoms with Gasteiger partial charge in [0.25, 0.3) is 5.91 Å². The Labute approximate surface area is 112 Å². The smallest absolute Gasteiger partial charge is 0.252 e. The predicted molar refractivity (Wildman–Crippen MR) is 73.1 cm³/mol. The number of aliphatic hydroxyl groups is 1. The van der Waals surface area contributed by atoms with Crippen LogP contribution in [0, 0.1) is 0 Å². The molecule has 0 aliphatic carbocycles. The molecule has 1 aromatic carbocycles. The van der Waals surface area contributed by atoms with E-state index in [1.807, 2.05) is 24.5 Å². The summed E-state index contributed by atoms with van der Waals surface area (Å²) in [6, 6.07) is 7.29. The van der Waals surface area contributed by atoms with E-state index in [0.29, 0.717) is 18.6 Å². The van der Waals surface area contributed by atoms with Gasteiger partial charge in [0.1, 0.15) is 0 Å². The second-order valence-corrected chi connectivity index (χ2v) is 4.69. The van der Waals surface area contributed by atoms with Gasteiger partial charge in [0.05, 0.1) is 18.2 Å². The average Bonchev–Trinajstić information content (AvgIpc) is 2.39. The molecule has 0 fully saturated rings. The van der Waals surface area contributed by atoms with Gasteiger partial charge in [-0.05, 0) is 24.8 Å². The van der Waals surface area contributed by atoms with Crippen molar-refractivity contribution in [3.8, 4) is 0 Å². The van der Waals surface area contributed by atoms with E-state index in [0.717, 1.165) is 4.90 Å². The van der Waals surface area contributed by atoms with Gasteiger partial charge in [-0.2, -0.15) is 0 Å². The summed E-state index contributed by atoms with van der Waals surface area (Å²) >= 11 is 1.54. The lowest BCUT2D eigenvalue weighted by atomic mass is 10.1. The molecule has 0 saturated carbocycles. The van der Waals surface area contributed by atoms with Gasteiger partial charge in [-0.1, -0.05) is 12.1 Å². The Balaban J connectivity index is 2.73. The van der Waals surface area contributed by atoms with Gasteiger partial charge in [0.15, 0.2) is 0 Å². The molecule has 0 heterocycles. The summed E-state index contributed by atoms with van der Waals surface area (Å²) in [4.78, 5) is 13.1. The molecule has 0 aliphatic heterocycles. The molecule has 0 saturated heterocycles. The van der Waals surface area contributed by atoms with E-state index in [2.05, 4.69) is 5.32 Å². The van der Waals surface area contributed by atoms with Crippen LogP contribution >= 0.6 is 11.8 Å². The summed E-state index contributed by atoms with van der Waals surface area (Å²) in [7, 11) is 1.58. The first-order chi connectivity index (χ1) is 8.72. The second kappa shape index (κ2) is 8.13. The molecule has 1 aromatic rings. The molecule has 0 bridgehead atoms. The number of aliphatic hydroxyl groups excluding tert-OH is 1. The highest BCUT2D eigenvalue weighted by molar-refractivity contribution is 7.98. The minimum atomic E-state index is -0.164. The van der Waals surface area contributed by atoms with E-state index in [1.54, 1.807) is 13.2 Å². The lowest BCUT2D eigenvalue weighted by Crippen LogP contribution is -2.38. The lowest BCUT2D eigenvalue weighted by Gasteiger charge is -2.17. The highest BCUT2D eigenvalue weighted by Gasteiger charge is 2.15. The molecular formula is C13H19NO3S. The number of hydrogen-bond donors (Lipinski definition) is 2. The van der Waals surface area contributed by atoms with Crippen LogP contribution in [0.25, 0.3) is 0 Å². The third kappa shape index (κ3) is 4.33. The fourth-order valence-corrected chi connectivity index (χ4v) is 2.24. The zero-order chi connectivity index (χ0) is 13.4. The zero-order valence-corrected chi connectivity index (χ0v) is 11.5. The number of methoxy groups -OCH3 is 1. The summed E-state index contributed by atoms with van der Waals surface area (Å²) in [6.45, 7) is 0.423. The third-order valence-electron chi connectivity index (χ3n) is 2.53. The Morgan fingerprint density at radius 3 is 2.83 bits per heavy atom. The largest absolute Gasteiger partial charge is 0.396 e. The Hall–Kier alpha value is -1.04. The number of benzene rings is 1. The predicted octanol–water partition coefficient (Wildman–Crippen LogP) is 1.54. The maximum absolute atomic E-state index is 12.1. The minimum absolute atomic E-state index is 0.0263. The summed E-state index contributed by atoms with van der Waals surface area (Å²) in [6.07, 6.45) is 2.42. The molecule has 5 heteroatoms. The monoisotopic (exact) mass is 269 g/mol. The molecular weight excluding hydrogens is 250 g/mol. The Bertz CT molecular complexity index is 378. The molecule has 0 aliphatic rings. The van der Waals surface area contributed by atoms with Crippen LogP contribution in [0.2, 0.25) is 0 Å². The van der Waals surface area contributed by atoms with Gasteiger partial charge in [-0.3, -0.25) is 4.79 Å². The summed E-state index contributed by atoms with van der Waals surface area (Å²) in [5, 5.41) is 11.8. The lowest BCUT2D eigenvalue weighted by molar-refractivity contribution is 0.0876. The third-order valence-corrected chi connectivity index (χ3v) is 3.33. The van der Waals surface area contributed by atoms with Gasteiger partial charge in [-0.15, -0.1) is 11.8 Å². The van der Waals surface area contributed by atoms with E-state index < -0.39 is 0 Å². The molecule has 18 heavy (non-hydrogen) atoms. The van der Waals surface area contributed by atoms with Crippen LogP contribution in [0.4, 0.5) is 0 Å².